The van der Waals surface area contributed by atoms with Crippen LogP contribution < -0.4 is 5.32 Å². The van der Waals surface area contributed by atoms with Crippen LogP contribution in [-0.2, 0) is 17.9 Å². The minimum Gasteiger partial charge on any atom is -0.462 e. The normalized spacial score (nSPS) is 25.1. The Morgan fingerprint density at radius 3 is 2.94 bits per heavy atom. The van der Waals surface area contributed by atoms with Crippen LogP contribution in [0.15, 0.2) is 16.5 Å². The summed E-state index contributed by atoms with van der Waals surface area (Å²) >= 11 is 0. The molecule has 16 heavy (non-hydrogen) atoms. The summed E-state index contributed by atoms with van der Waals surface area (Å²) in [6, 6.07) is 4.13. The van der Waals surface area contributed by atoms with Crippen LogP contribution in [0.25, 0.3) is 0 Å². The summed E-state index contributed by atoms with van der Waals surface area (Å²) in [7, 11) is 1.77. The summed E-state index contributed by atoms with van der Waals surface area (Å²) in [5, 5.41) is 12.3. The van der Waals surface area contributed by atoms with E-state index in [9.17, 15) is 0 Å². The lowest BCUT2D eigenvalue weighted by Gasteiger charge is -2.18. The number of methoxy groups -OCH3 is 1. The van der Waals surface area contributed by atoms with Gasteiger partial charge in [0.25, 0.3) is 0 Å². The van der Waals surface area contributed by atoms with Crippen molar-refractivity contribution in [2.45, 2.75) is 44.6 Å². The van der Waals surface area contributed by atoms with Gasteiger partial charge >= 0.3 is 0 Å². The highest BCUT2D eigenvalue weighted by molar-refractivity contribution is 5.06. The van der Waals surface area contributed by atoms with Crippen LogP contribution in [0.1, 0.15) is 30.8 Å². The molecule has 0 amide bonds. The van der Waals surface area contributed by atoms with Crippen LogP contribution >= 0.6 is 0 Å². The highest BCUT2D eigenvalue weighted by atomic mass is 16.5. The van der Waals surface area contributed by atoms with Gasteiger partial charge in [-0.1, -0.05) is 0 Å². The molecule has 0 bridgehead atoms. The monoisotopic (exact) mass is 225 g/mol. The van der Waals surface area contributed by atoms with Gasteiger partial charge in [-0.05, 0) is 31.4 Å². The summed E-state index contributed by atoms with van der Waals surface area (Å²) in [5.74, 6) is 1.48. The number of nitrogens with one attached hydrogen (secondary N) is 1. The Kier molecular flexibility index (Phi) is 3.98. The van der Waals surface area contributed by atoms with Crippen LogP contribution in [0.3, 0.4) is 0 Å². The van der Waals surface area contributed by atoms with Crippen LogP contribution in [0.4, 0.5) is 0 Å². The summed E-state index contributed by atoms with van der Waals surface area (Å²) < 4.78 is 10.8. The van der Waals surface area contributed by atoms with E-state index in [1.165, 1.54) is 6.42 Å². The van der Waals surface area contributed by atoms with Crippen molar-refractivity contribution in [2.24, 2.45) is 0 Å². The molecular formula is C12H19NO3. The topological polar surface area (TPSA) is 54.6 Å². The predicted molar refractivity (Wildman–Crippen MR) is 59.9 cm³/mol. The summed E-state index contributed by atoms with van der Waals surface area (Å²) in [4.78, 5) is 0. The molecule has 1 fully saturated rings. The van der Waals surface area contributed by atoms with Crippen molar-refractivity contribution in [3.8, 4) is 0 Å². The molecule has 0 aliphatic heterocycles. The molecule has 4 nitrogen and oxygen atoms in total. The number of aliphatic hydroxyl groups is 1. The van der Waals surface area contributed by atoms with E-state index in [0.717, 1.165) is 18.6 Å². The van der Waals surface area contributed by atoms with Gasteiger partial charge in [-0.15, -0.1) is 0 Å². The number of furan rings is 1. The second kappa shape index (κ2) is 5.48. The molecule has 0 saturated heterocycles. The van der Waals surface area contributed by atoms with Crippen LogP contribution in [0, 0.1) is 0 Å². The van der Waals surface area contributed by atoms with Crippen molar-refractivity contribution < 1.29 is 14.3 Å². The van der Waals surface area contributed by atoms with Gasteiger partial charge in [-0.3, -0.25) is 0 Å². The zero-order chi connectivity index (χ0) is 11.4. The number of hydrogen-bond acceptors (Lipinski definition) is 4. The Morgan fingerprint density at radius 1 is 1.44 bits per heavy atom. The summed E-state index contributed by atoms with van der Waals surface area (Å²) in [5.41, 5.74) is 0. The van der Waals surface area contributed by atoms with E-state index in [0.29, 0.717) is 24.5 Å². The van der Waals surface area contributed by atoms with Crippen molar-refractivity contribution in [3.05, 3.63) is 23.7 Å². The number of rotatable bonds is 5. The number of ether oxygens (including phenoxy) is 1. The van der Waals surface area contributed by atoms with Crippen LogP contribution in [0.5, 0.6) is 0 Å². The first-order valence-corrected chi connectivity index (χ1v) is 5.78. The molecule has 90 valence electrons. The predicted octanol–water partition coefficient (Wildman–Crippen LogP) is 1.43. The van der Waals surface area contributed by atoms with Gasteiger partial charge in [0, 0.05) is 13.2 Å². The van der Waals surface area contributed by atoms with Gasteiger partial charge in [0.2, 0.25) is 0 Å². The van der Waals surface area contributed by atoms with E-state index >= 15 is 0 Å². The summed E-state index contributed by atoms with van der Waals surface area (Å²) in [6.45, 7) is 0.661. The summed E-state index contributed by atoms with van der Waals surface area (Å²) in [6.07, 6.45) is 3.84. The molecule has 0 radical (unpaired) electrons. The third kappa shape index (κ3) is 2.64. The molecule has 1 saturated carbocycles. The van der Waals surface area contributed by atoms with Gasteiger partial charge in [0.15, 0.2) is 0 Å². The quantitative estimate of drug-likeness (QED) is 0.796. The zero-order valence-electron chi connectivity index (χ0n) is 9.61. The maximum Gasteiger partial charge on any atom is 0.129 e. The molecule has 0 aromatic carbocycles. The lowest BCUT2D eigenvalue weighted by Crippen LogP contribution is -2.36. The highest BCUT2D eigenvalue weighted by Gasteiger charge is 2.26. The fourth-order valence-corrected chi connectivity index (χ4v) is 2.28. The van der Waals surface area contributed by atoms with Gasteiger partial charge in [0.1, 0.15) is 18.1 Å². The van der Waals surface area contributed by atoms with Crippen LogP contribution in [-0.4, -0.2) is 24.4 Å². The fraction of sp³-hybridized carbons (Fsp3) is 0.667. The molecule has 1 heterocycles. The minimum atomic E-state index is -0.0376. The van der Waals surface area contributed by atoms with Crippen molar-refractivity contribution in [2.75, 3.05) is 7.11 Å². The van der Waals surface area contributed by atoms with Crippen molar-refractivity contribution in [1.82, 2.24) is 5.32 Å². The molecule has 2 unspecified atom stereocenters. The van der Waals surface area contributed by atoms with Crippen LogP contribution in [0.2, 0.25) is 0 Å². The first-order valence-electron chi connectivity index (χ1n) is 5.78. The van der Waals surface area contributed by atoms with E-state index in [1.54, 1.807) is 13.2 Å². The first kappa shape index (κ1) is 11.6. The van der Waals surface area contributed by atoms with Crippen molar-refractivity contribution >= 4 is 0 Å². The van der Waals surface area contributed by atoms with E-state index in [2.05, 4.69) is 5.32 Å². The Morgan fingerprint density at radius 2 is 2.25 bits per heavy atom. The lowest BCUT2D eigenvalue weighted by molar-refractivity contribution is 0.0840. The van der Waals surface area contributed by atoms with E-state index < -0.39 is 0 Å². The van der Waals surface area contributed by atoms with E-state index in [1.807, 2.05) is 6.07 Å². The van der Waals surface area contributed by atoms with E-state index in [-0.39, 0.29) is 6.61 Å². The molecule has 2 N–H and O–H groups in total. The maximum absolute atomic E-state index is 8.88. The second-order valence-electron chi connectivity index (χ2n) is 4.22. The Bertz CT molecular complexity index is 324. The smallest absolute Gasteiger partial charge is 0.129 e. The SMILES string of the molecule is COC1CCCC1NCc1ccc(CO)o1. The standard InChI is InChI=1S/C12H19NO3/c1-15-12-4-2-3-11(12)13-7-9-5-6-10(8-14)16-9/h5-6,11-14H,2-4,7-8H2,1H3. The lowest BCUT2D eigenvalue weighted by atomic mass is 10.2. The first-order chi connectivity index (χ1) is 7.83. The number of hydrogen-bond donors (Lipinski definition) is 2. The third-order valence-corrected chi connectivity index (χ3v) is 3.17. The maximum atomic E-state index is 8.88. The molecule has 0 spiro atoms. The van der Waals surface area contributed by atoms with Gasteiger partial charge in [-0.2, -0.15) is 0 Å². The molecule has 1 aliphatic rings. The van der Waals surface area contributed by atoms with Crippen molar-refractivity contribution in [1.29, 1.82) is 0 Å². The molecule has 4 heteroatoms. The Hall–Kier alpha value is -0.840. The fourth-order valence-electron chi connectivity index (χ4n) is 2.28. The molecule has 2 rings (SSSR count). The molecule has 2 atom stereocenters. The Balaban J connectivity index is 1.82. The highest BCUT2D eigenvalue weighted by Crippen LogP contribution is 2.22. The van der Waals surface area contributed by atoms with Gasteiger partial charge in [-0.25, -0.2) is 0 Å². The van der Waals surface area contributed by atoms with Crippen molar-refractivity contribution in [3.63, 3.8) is 0 Å². The molecule has 1 aromatic heterocycles. The average Bonchev–Trinajstić information content (AvgIpc) is 2.94. The zero-order valence-corrected chi connectivity index (χ0v) is 9.61. The van der Waals surface area contributed by atoms with Gasteiger partial charge in [0.05, 0.1) is 12.6 Å². The largest absolute Gasteiger partial charge is 0.462 e. The molecule has 1 aliphatic carbocycles. The minimum absolute atomic E-state index is 0.0376. The Labute approximate surface area is 95.6 Å². The number of aliphatic hydroxyl groups excluding tert-OH is 1. The average molecular weight is 225 g/mol. The van der Waals surface area contributed by atoms with Gasteiger partial charge < -0.3 is 19.6 Å². The molecule has 1 aromatic rings. The second-order valence-corrected chi connectivity index (χ2v) is 4.22. The molecular weight excluding hydrogens is 206 g/mol. The van der Waals surface area contributed by atoms with E-state index in [4.69, 9.17) is 14.3 Å². The third-order valence-electron chi connectivity index (χ3n) is 3.17.